The number of rotatable bonds is 2. The van der Waals surface area contributed by atoms with Crippen LogP contribution in [-0.2, 0) is 6.42 Å². The lowest BCUT2D eigenvalue weighted by Gasteiger charge is -2.38. The van der Waals surface area contributed by atoms with Crippen LogP contribution < -0.4 is 21.3 Å². The molecule has 0 fully saturated rings. The average molecular weight is 531 g/mol. The van der Waals surface area contributed by atoms with E-state index < -0.39 is 0 Å². The van der Waals surface area contributed by atoms with Gasteiger partial charge in [0.2, 0.25) is 6.71 Å². The summed E-state index contributed by atoms with van der Waals surface area (Å²) in [6, 6.07) is 38.7. The highest BCUT2D eigenvalue weighted by atomic mass is 15.2. The summed E-state index contributed by atoms with van der Waals surface area (Å²) in [6.45, 7) is 0.227. The molecule has 1 nitrogen and oxygen atoms in total. The molecule has 10 rings (SSSR count). The third-order valence-electron chi connectivity index (χ3n) is 9.95. The Morgan fingerprint density at radius 3 is 2.48 bits per heavy atom. The van der Waals surface area contributed by atoms with Crippen molar-refractivity contribution in [1.82, 2.24) is 0 Å². The van der Waals surface area contributed by atoms with Crippen LogP contribution in [0, 0.1) is 0 Å². The Hall–Kier alpha value is -5.08. The minimum Gasteiger partial charge on any atom is -0.311 e. The number of allylic oxidation sites excluding steroid dienone is 7. The standard InChI is InChI=1S/C40H26BN/c1-2-8-25(9-3-1)28-20-21-36-35(24-28)41-34-14-5-4-12-32(34)33-13-7-15-37(40(33)41)42(36)31-22-29-18-16-26-10-6-11-27-17-19-30(23-31)39(29)38(26)27/h1-18,20-24,38H,19H2. The van der Waals surface area contributed by atoms with E-state index in [-0.39, 0.29) is 6.71 Å². The van der Waals surface area contributed by atoms with Crippen molar-refractivity contribution in [1.29, 1.82) is 0 Å². The first-order valence-electron chi connectivity index (χ1n) is 15.0. The van der Waals surface area contributed by atoms with Gasteiger partial charge in [0, 0.05) is 23.0 Å². The lowest BCUT2D eigenvalue weighted by Crippen LogP contribution is -2.54. The molecule has 0 radical (unpaired) electrons. The van der Waals surface area contributed by atoms with E-state index >= 15 is 0 Å². The highest BCUT2D eigenvalue weighted by Gasteiger charge is 2.42. The Morgan fingerprint density at radius 1 is 0.643 bits per heavy atom. The fourth-order valence-corrected chi connectivity index (χ4v) is 8.21. The van der Waals surface area contributed by atoms with E-state index in [0.717, 1.165) is 6.42 Å². The third-order valence-corrected chi connectivity index (χ3v) is 9.95. The van der Waals surface area contributed by atoms with Gasteiger partial charge in [-0.15, -0.1) is 0 Å². The van der Waals surface area contributed by atoms with Crippen molar-refractivity contribution < 1.29 is 0 Å². The second-order valence-corrected chi connectivity index (χ2v) is 12.0. The second-order valence-electron chi connectivity index (χ2n) is 12.0. The third kappa shape index (κ3) is 2.94. The van der Waals surface area contributed by atoms with Gasteiger partial charge in [0.15, 0.2) is 0 Å². The van der Waals surface area contributed by atoms with E-state index in [1.54, 1.807) is 0 Å². The van der Waals surface area contributed by atoms with Gasteiger partial charge >= 0.3 is 0 Å². The second kappa shape index (κ2) is 8.24. The highest BCUT2D eigenvalue weighted by Crippen LogP contribution is 2.49. The quantitative estimate of drug-likeness (QED) is 0.207. The molecule has 0 N–H and O–H groups in total. The number of hydrogen-bond acceptors (Lipinski definition) is 1. The maximum absolute atomic E-state index is 2.54. The van der Waals surface area contributed by atoms with E-state index in [4.69, 9.17) is 0 Å². The van der Waals surface area contributed by atoms with E-state index in [1.807, 2.05) is 0 Å². The van der Waals surface area contributed by atoms with Gasteiger partial charge in [0.1, 0.15) is 0 Å². The van der Waals surface area contributed by atoms with Crippen LogP contribution in [0.3, 0.4) is 0 Å². The molecule has 1 atom stereocenters. The highest BCUT2D eigenvalue weighted by molar-refractivity contribution is 7.01. The van der Waals surface area contributed by atoms with Crippen LogP contribution in [0.1, 0.15) is 22.6 Å². The van der Waals surface area contributed by atoms with Gasteiger partial charge in [-0.25, -0.2) is 0 Å². The predicted molar refractivity (Wildman–Crippen MR) is 177 cm³/mol. The summed E-state index contributed by atoms with van der Waals surface area (Å²) in [4.78, 5) is 2.54. The van der Waals surface area contributed by atoms with Gasteiger partial charge in [-0.2, -0.15) is 0 Å². The lowest BCUT2D eigenvalue weighted by atomic mass is 9.37. The number of hydrogen-bond donors (Lipinski definition) is 0. The molecular weight excluding hydrogens is 505 g/mol. The number of anilines is 3. The molecule has 0 aromatic heterocycles. The summed E-state index contributed by atoms with van der Waals surface area (Å²) in [7, 11) is 0. The van der Waals surface area contributed by atoms with Crippen molar-refractivity contribution in [3.63, 3.8) is 0 Å². The summed E-state index contributed by atoms with van der Waals surface area (Å²) in [5.41, 5.74) is 20.5. The molecule has 2 heteroatoms. The number of nitrogens with zero attached hydrogens (tertiary/aromatic N) is 1. The first-order valence-corrected chi connectivity index (χ1v) is 15.0. The maximum Gasteiger partial charge on any atom is 0.248 e. The Kier molecular flexibility index (Phi) is 4.43. The molecular formula is C40H26BN. The summed E-state index contributed by atoms with van der Waals surface area (Å²) in [5, 5.41) is 0. The summed E-state index contributed by atoms with van der Waals surface area (Å²) in [5.74, 6) is 0.370. The molecule has 5 aromatic rings. The van der Waals surface area contributed by atoms with Crippen molar-refractivity contribution in [3.05, 3.63) is 161 Å². The Bertz CT molecular complexity index is 2130. The molecule has 0 saturated carbocycles. The van der Waals surface area contributed by atoms with Gasteiger partial charge in [-0.1, -0.05) is 121 Å². The van der Waals surface area contributed by atoms with Crippen LogP contribution >= 0.6 is 0 Å². The Balaban J connectivity index is 1.23. The minimum atomic E-state index is 0.227. The SMILES string of the molecule is C1=CC2=CCc3cc(N4c5ccc(-c6ccccc6)cc5B5c6ccccc6-c6cccc4c65)cc4c3C2C(=C1)C=C4. The predicted octanol–water partition coefficient (Wildman–Crippen LogP) is 7.72. The van der Waals surface area contributed by atoms with Crippen LogP contribution in [0.15, 0.2) is 145 Å². The van der Waals surface area contributed by atoms with E-state index in [1.165, 1.54) is 83.5 Å². The zero-order chi connectivity index (χ0) is 27.4. The van der Waals surface area contributed by atoms with Gasteiger partial charge in [0.05, 0.1) is 0 Å². The molecule has 5 aliphatic rings. The first-order chi connectivity index (χ1) is 20.8. The zero-order valence-electron chi connectivity index (χ0n) is 23.1. The minimum absolute atomic E-state index is 0.227. The maximum atomic E-state index is 2.54. The van der Waals surface area contributed by atoms with Crippen LogP contribution in [0.4, 0.5) is 17.1 Å². The van der Waals surface area contributed by atoms with Crippen LogP contribution in [0.2, 0.25) is 0 Å². The van der Waals surface area contributed by atoms with Crippen molar-refractivity contribution >= 4 is 46.2 Å². The number of fused-ring (bicyclic) bond motifs is 5. The average Bonchev–Trinajstić information content (AvgIpc) is 3.40. The molecule has 42 heavy (non-hydrogen) atoms. The summed E-state index contributed by atoms with van der Waals surface area (Å²) in [6.07, 6.45) is 14.8. The van der Waals surface area contributed by atoms with Crippen molar-refractivity contribution in [3.8, 4) is 22.3 Å². The zero-order valence-corrected chi connectivity index (χ0v) is 23.1. The van der Waals surface area contributed by atoms with Gasteiger partial charge in [0.25, 0.3) is 0 Å². The fourth-order valence-electron chi connectivity index (χ4n) is 8.21. The Morgan fingerprint density at radius 2 is 1.52 bits per heavy atom. The van der Waals surface area contributed by atoms with Gasteiger partial charge in [-0.3, -0.25) is 0 Å². The Labute approximate surface area is 246 Å². The first kappa shape index (κ1) is 22.6. The van der Waals surface area contributed by atoms with Crippen LogP contribution in [0.25, 0.3) is 28.3 Å². The lowest BCUT2D eigenvalue weighted by molar-refractivity contribution is 0.892. The molecule has 0 bridgehead atoms. The van der Waals surface area contributed by atoms with Crippen molar-refractivity contribution in [2.75, 3.05) is 4.90 Å². The fraction of sp³-hybridized carbons (Fsp3) is 0.0500. The molecule has 2 aliphatic heterocycles. The van der Waals surface area contributed by atoms with Crippen molar-refractivity contribution in [2.45, 2.75) is 12.3 Å². The van der Waals surface area contributed by atoms with Crippen molar-refractivity contribution in [2.24, 2.45) is 0 Å². The molecule has 0 saturated heterocycles. The molecule has 3 aliphatic carbocycles. The van der Waals surface area contributed by atoms with Crippen LogP contribution in [0.5, 0.6) is 0 Å². The summed E-state index contributed by atoms with van der Waals surface area (Å²) >= 11 is 0. The van der Waals surface area contributed by atoms with Gasteiger partial charge in [-0.05, 0) is 91.7 Å². The normalized spacial score (nSPS) is 17.7. The van der Waals surface area contributed by atoms with E-state index in [2.05, 4.69) is 144 Å². The van der Waals surface area contributed by atoms with Crippen LogP contribution in [-0.4, -0.2) is 6.71 Å². The molecule has 0 amide bonds. The molecule has 194 valence electrons. The molecule has 1 unspecified atom stereocenters. The van der Waals surface area contributed by atoms with E-state index in [0.29, 0.717) is 5.92 Å². The number of benzene rings is 5. The topological polar surface area (TPSA) is 3.24 Å². The monoisotopic (exact) mass is 531 g/mol. The smallest absolute Gasteiger partial charge is 0.248 e. The molecule has 2 heterocycles. The van der Waals surface area contributed by atoms with E-state index in [9.17, 15) is 0 Å². The largest absolute Gasteiger partial charge is 0.311 e. The summed E-state index contributed by atoms with van der Waals surface area (Å²) < 4.78 is 0. The molecule has 5 aromatic carbocycles. The molecule has 0 spiro atoms. The van der Waals surface area contributed by atoms with Gasteiger partial charge < -0.3 is 4.90 Å².